The standard InChI is InChI=1S/C15H15Cl2NO/c16-13-7-4-8-14(17)12(13)9-15(19,10-18)11-5-2-1-3-6-11/h1-8,19H,9-10,18H2. The molecule has 0 aliphatic carbocycles. The van der Waals surface area contributed by atoms with Gasteiger partial charge >= 0.3 is 0 Å². The Morgan fingerprint density at radius 3 is 2.05 bits per heavy atom. The van der Waals surface area contributed by atoms with Crippen molar-refractivity contribution in [2.24, 2.45) is 5.73 Å². The van der Waals surface area contributed by atoms with Crippen LogP contribution in [0.4, 0.5) is 0 Å². The molecule has 0 aliphatic heterocycles. The maximum Gasteiger partial charge on any atom is 0.106 e. The Bertz CT molecular complexity index is 539. The highest BCUT2D eigenvalue weighted by molar-refractivity contribution is 6.36. The van der Waals surface area contributed by atoms with Crippen LogP contribution < -0.4 is 5.73 Å². The largest absolute Gasteiger partial charge is 0.383 e. The molecule has 2 aromatic rings. The first-order chi connectivity index (χ1) is 9.07. The molecule has 3 N–H and O–H groups in total. The molecule has 4 heteroatoms. The van der Waals surface area contributed by atoms with Crippen molar-refractivity contribution in [3.05, 3.63) is 69.7 Å². The van der Waals surface area contributed by atoms with Crippen molar-refractivity contribution in [1.29, 1.82) is 0 Å². The van der Waals surface area contributed by atoms with Crippen LogP contribution in [-0.2, 0) is 12.0 Å². The second kappa shape index (κ2) is 5.93. The van der Waals surface area contributed by atoms with Crippen LogP contribution in [0.25, 0.3) is 0 Å². The van der Waals surface area contributed by atoms with Crippen molar-refractivity contribution >= 4 is 23.2 Å². The highest BCUT2D eigenvalue weighted by Gasteiger charge is 2.29. The zero-order valence-corrected chi connectivity index (χ0v) is 11.8. The van der Waals surface area contributed by atoms with Gasteiger partial charge in [0.05, 0.1) is 0 Å². The van der Waals surface area contributed by atoms with E-state index in [9.17, 15) is 5.11 Å². The highest BCUT2D eigenvalue weighted by atomic mass is 35.5. The summed E-state index contributed by atoms with van der Waals surface area (Å²) >= 11 is 12.3. The molecule has 0 heterocycles. The molecule has 1 atom stereocenters. The first-order valence-electron chi connectivity index (χ1n) is 5.98. The predicted molar refractivity (Wildman–Crippen MR) is 79.6 cm³/mol. The Hall–Kier alpha value is -1.06. The predicted octanol–water partition coefficient (Wildman–Crippen LogP) is 3.38. The van der Waals surface area contributed by atoms with Crippen molar-refractivity contribution in [3.8, 4) is 0 Å². The van der Waals surface area contributed by atoms with Crippen molar-refractivity contribution in [2.45, 2.75) is 12.0 Å². The molecule has 0 aromatic heterocycles. The summed E-state index contributed by atoms with van der Waals surface area (Å²) in [5, 5.41) is 11.8. The molecule has 0 bridgehead atoms. The van der Waals surface area contributed by atoms with Crippen molar-refractivity contribution in [2.75, 3.05) is 6.54 Å². The summed E-state index contributed by atoms with van der Waals surface area (Å²) in [7, 11) is 0. The fourth-order valence-electron chi connectivity index (χ4n) is 2.03. The SMILES string of the molecule is NCC(O)(Cc1c(Cl)cccc1Cl)c1ccccc1. The van der Waals surface area contributed by atoms with Gasteiger partial charge in [0, 0.05) is 23.0 Å². The third-order valence-corrected chi connectivity index (χ3v) is 3.89. The monoisotopic (exact) mass is 295 g/mol. The molecule has 2 rings (SSSR count). The molecule has 1 unspecified atom stereocenters. The van der Waals surface area contributed by atoms with E-state index in [2.05, 4.69) is 0 Å². The first kappa shape index (κ1) is 14.4. The van der Waals surface area contributed by atoms with E-state index in [0.717, 1.165) is 5.56 Å². The highest BCUT2D eigenvalue weighted by Crippen LogP contribution is 2.32. The van der Waals surface area contributed by atoms with Gasteiger partial charge in [-0.25, -0.2) is 0 Å². The second-order valence-electron chi connectivity index (χ2n) is 4.48. The smallest absolute Gasteiger partial charge is 0.106 e. The second-order valence-corrected chi connectivity index (χ2v) is 5.29. The zero-order valence-electron chi connectivity index (χ0n) is 10.3. The summed E-state index contributed by atoms with van der Waals surface area (Å²) < 4.78 is 0. The molecule has 0 saturated carbocycles. The normalized spacial score (nSPS) is 14.1. The number of nitrogens with two attached hydrogens (primary N) is 1. The zero-order chi connectivity index (χ0) is 13.9. The number of rotatable bonds is 4. The molecule has 0 fully saturated rings. The van der Waals surface area contributed by atoms with Crippen LogP contribution in [0.5, 0.6) is 0 Å². The fraction of sp³-hybridized carbons (Fsp3) is 0.200. The van der Waals surface area contributed by atoms with Crippen LogP contribution >= 0.6 is 23.2 Å². The number of hydrogen-bond donors (Lipinski definition) is 2. The first-order valence-corrected chi connectivity index (χ1v) is 6.73. The summed E-state index contributed by atoms with van der Waals surface area (Å²) in [5.41, 5.74) is 6.05. The summed E-state index contributed by atoms with van der Waals surface area (Å²) in [4.78, 5) is 0. The van der Waals surface area contributed by atoms with E-state index >= 15 is 0 Å². The minimum Gasteiger partial charge on any atom is -0.383 e. The molecule has 0 spiro atoms. The molecular formula is C15H15Cl2NO. The molecule has 100 valence electrons. The Balaban J connectivity index is 2.39. The van der Waals surface area contributed by atoms with E-state index in [0.29, 0.717) is 15.6 Å². The van der Waals surface area contributed by atoms with Gasteiger partial charge in [-0.3, -0.25) is 0 Å². The number of benzene rings is 2. The topological polar surface area (TPSA) is 46.2 Å². The Labute approximate surface area is 122 Å². The number of halogens is 2. The van der Waals surface area contributed by atoms with Gasteiger partial charge in [-0.05, 0) is 23.3 Å². The molecule has 2 nitrogen and oxygen atoms in total. The lowest BCUT2D eigenvalue weighted by molar-refractivity contribution is 0.0463. The van der Waals surface area contributed by atoms with Gasteiger partial charge in [0.2, 0.25) is 0 Å². The van der Waals surface area contributed by atoms with E-state index in [1.165, 1.54) is 0 Å². The summed E-state index contributed by atoms with van der Waals surface area (Å²) in [6.45, 7) is 0.0958. The minimum absolute atomic E-state index is 0.0958. The summed E-state index contributed by atoms with van der Waals surface area (Å²) in [6.07, 6.45) is 0.284. The van der Waals surface area contributed by atoms with Crippen LogP contribution in [-0.4, -0.2) is 11.7 Å². The lowest BCUT2D eigenvalue weighted by Crippen LogP contribution is -2.37. The van der Waals surface area contributed by atoms with Crippen molar-refractivity contribution < 1.29 is 5.11 Å². The molecule has 19 heavy (non-hydrogen) atoms. The molecule has 0 radical (unpaired) electrons. The Morgan fingerprint density at radius 2 is 1.53 bits per heavy atom. The van der Waals surface area contributed by atoms with Crippen molar-refractivity contribution in [1.82, 2.24) is 0 Å². The van der Waals surface area contributed by atoms with Crippen LogP contribution in [0.1, 0.15) is 11.1 Å². The van der Waals surface area contributed by atoms with Crippen LogP contribution in [0.2, 0.25) is 10.0 Å². The molecule has 0 amide bonds. The van der Waals surface area contributed by atoms with Gasteiger partial charge in [-0.15, -0.1) is 0 Å². The Morgan fingerprint density at radius 1 is 0.947 bits per heavy atom. The summed E-state index contributed by atoms with van der Waals surface area (Å²) in [6, 6.07) is 14.6. The minimum atomic E-state index is -1.17. The number of hydrogen-bond acceptors (Lipinski definition) is 2. The van der Waals surface area contributed by atoms with E-state index in [1.54, 1.807) is 18.2 Å². The molecule has 2 aromatic carbocycles. The maximum atomic E-state index is 10.8. The summed E-state index contributed by atoms with van der Waals surface area (Å²) in [5.74, 6) is 0. The Kier molecular flexibility index (Phi) is 4.48. The molecular weight excluding hydrogens is 281 g/mol. The van der Waals surface area contributed by atoms with E-state index in [-0.39, 0.29) is 13.0 Å². The third kappa shape index (κ3) is 3.10. The number of aliphatic hydroxyl groups is 1. The van der Waals surface area contributed by atoms with E-state index in [1.807, 2.05) is 30.3 Å². The van der Waals surface area contributed by atoms with Crippen molar-refractivity contribution in [3.63, 3.8) is 0 Å². The average Bonchev–Trinajstić information content (AvgIpc) is 2.44. The average molecular weight is 296 g/mol. The molecule has 0 saturated heterocycles. The van der Waals surface area contributed by atoms with Crippen LogP contribution in [0.3, 0.4) is 0 Å². The van der Waals surface area contributed by atoms with Gasteiger partial charge in [-0.1, -0.05) is 59.6 Å². The van der Waals surface area contributed by atoms with Gasteiger partial charge in [-0.2, -0.15) is 0 Å². The van der Waals surface area contributed by atoms with Gasteiger partial charge in [0.1, 0.15) is 5.60 Å². The fourth-order valence-corrected chi connectivity index (χ4v) is 2.57. The quantitative estimate of drug-likeness (QED) is 0.908. The van der Waals surface area contributed by atoms with Crippen LogP contribution in [0.15, 0.2) is 48.5 Å². The van der Waals surface area contributed by atoms with Gasteiger partial charge in [0.15, 0.2) is 0 Å². The molecule has 0 aliphatic rings. The van der Waals surface area contributed by atoms with Crippen LogP contribution in [0, 0.1) is 0 Å². The van der Waals surface area contributed by atoms with E-state index in [4.69, 9.17) is 28.9 Å². The third-order valence-electron chi connectivity index (χ3n) is 3.18. The van der Waals surface area contributed by atoms with E-state index < -0.39 is 5.60 Å². The van der Waals surface area contributed by atoms with Gasteiger partial charge in [0.25, 0.3) is 0 Å². The maximum absolute atomic E-state index is 10.8. The lowest BCUT2D eigenvalue weighted by Gasteiger charge is -2.28. The van der Waals surface area contributed by atoms with Gasteiger partial charge < -0.3 is 10.8 Å². The lowest BCUT2D eigenvalue weighted by atomic mass is 9.87.